The number of nitrogens with zero attached hydrogens (tertiary/aromatic N) is 3. The summed E-state index contributed by atoms with van der Waals surface area (Å²) in [6, 6.07) is 1.62. The minimum atomic E-state index is 0.00992. The van der Waals surface area contributed by atoms with Gasteiger partial charge in [-0.1, -0.05) is 30.1 Å². The highest BCUT2D eigenvalue weighted by Crippen LogP contribution is 2.20. The highest BCUT2D eigenvalue weighted by atomic mass is 35.5. The molecule has 0 aliphatic rings. The van der Waals surface area contributed by atoms with Crippen LogP contribution in [0, 0.1) is 4.77 Å². The Labute approximate surface area is 143 Å². The molecule has 0 bridgehead atoms. The molecule has 2 rings (SSSR count). The van der Waals surface area contributed by atoms with Gasteiger partial charge in [0.05, 0.1) is 17.1 Å². The van der Waals surface area contributed by atoms with Crippen molar-refractivity contribution in [2.24, 2.45) is 0 Å². The molecule has 1 unspecified atom stereocenters. The molecule has 2 N–H and O–H groups in total. The number of aromatic nitrogens is 3. The van der Waals surface area contributed by atoms with Crippen LogP contribution in [0.15, 0.2) is 12.3 Å². The third kappa shape index (κ3) is 3.98. The molecule has 0 saturated carbocycles. The molecule has 120 valence electrons. The number of rotatable bonds is 6. The Morgan fingerprint density at radius 2 is 2.23 bits per heavy atom. The molecule has 22 heavy (non-hydrogen) atoms. The summed E-state index contributed by atoms with van der Waals surface area (Å²) >= 11 is 17.5. The summed E-state index contributed by atoms with van der Waals surface area (Å²) in [6.07, 6.45) is 2.60. The van der Waals surface area contributed by atoms with Crippen LogP contribution in [0.2, 0.25) is 10.0 Å². The van der Waals surface area contributed by atoms with Gasteiger partial charge in [-0.25, -0.2) is 0 Å². The van der Waals surface area contributed by atoms with E-state index >= 15 is 0 Å². The molecule has 0 fully saturated rings. The summed E-state index contributed by atoms with van der Waals surface area (Å²) in [5, 5.41) is 8.18. The Balaban J connectivity index is 2.15. The lowest BCUT2D eigenvalue weighted by Gasteiger charge is -2.13. The fraction of sp³-hybridized carbons (Fsp3) is 0.462. The summed E-state index contributed by atoms with van der Waals surface area (Å²) in [6.45, 7) is 3.52. The van der Waals surface area contributed by atoms with Crippen LogP contribution in [0.4, 0.5) is 0 Å². The van der Waals surface area contributed by atoms with E-state index in [1.54, 1.807) is 21.3 Å². The van der Waals surface area contributed by atoms with Crippen LogP contribution in [0.25, 0.3) is 5.65 Å². The van der Waals surface area contributed by atoms with Gasteiger partial charge in [-0.3, -0.25) is 9.20 Å². The SMILES string of the molecule is CCCNC(=O)C[NH+](C)Cn1nc2c(Cl)cc(Cl)cn2c1=S. The third-order valence-corrected chi connectivity index (χ3v) is 3.95. The Morgan fingerprint density at radius 1 is 1.50 bits per heavy atom. The molecule has 0 aliphatic heterocycles. The number of fused-ring (bicyclic) bond motifs is 1. The second-order valence-corrected chi connectivity index (χ2v) is 6.33. The fourth-order valence-electron chi connectivity index (χ4n) is 2.06. The molecule has 0 saturated heterocycles. The van der Waals surface area contributed by atoms with E-state index in [0.29, 0.717) is 40.2 Å². The first-order chi connectivity index (χ1) is 10.4. The number of halogens is 2. The predicted molar refractivity (Wildman–Crippen MR) is 89.1 cm³/mol. The van der Waals surface area contributed by atoms with Crippen molar-refractivity contribution in [3.05, 3.63) is 27.1 Å². The topological polar surface area (TPSA) is 55.8 Å². The molecule has 2 heterocycles. The molecule has 1 atom stereocenters. The van der Waals surface area contributed by atoms with Gasteiger partial charge in [-0.05, 0) is 24.7 Å². The van der Waals surface area contributed by atoms with Crippen molar-refractivity contribution in [2.75, 3.05) is 20.1 Å². The van der Waals surface area contributed by atoms with Gasteiger partial charge in [0.15, 0.2) is 18.9 Å². The zero-order valence-corrected chi connectivity index (χ0v) is 14.7. The first kappa shape index (κ1) is 17.2. The molecule has 1 amide bonds. The van der Waals surface area contributed by atoms with Crippen molar-refractivity contribution in [1.82, 2.24) is 19.5 Å². The third-order valence-electron chi connectivity index (χ3n) is 3.06. The van der Waals surface area contributed by atoms with Crippen molar-refractivity contribution in [2.45, 2.75) is 20.0 Å². The number of carbonyl (C=O) groups excluding carboxylic acids is 1. The van der Waals surface area contributed by atoms with Gasteiger partial charge in [0.2, 0.25) is 4.77 Å². The first-order valence-electron chi connectivity index (χ1n) is 6.94. The van der Waals surface area contributed by atoms with Gasteiger partial charge >= 0.3 is 0 Å². The number of carbonyl (C=O) groups is 1. The van der Waals surface area contributed by atoms with E-state index in [9.17, 15) is 4.79 Å². The molecule has 0 radical (unpaired) electrons. The molecule has 0 aliphatic carbocycles. The summed E-state index contributed by atoms with van der Waals surface area (Å²) in [5.41, 5.74) is 0.555. The van der Waals surface area contributed by atoms with E-state index < -0.39 is 0 Å². The summed E-state index contributed by atoms with van der Waals surface area (Å²) in [5.74, 6) is 0.00992. The summed E-state index contributed by atoms with van der Waals surface area (Å²) in [4.78, 5) is 12.7. The summed E-state index contributed by atoms with van der Waals surface area (Å²) < 4.78 is 3.81. The van der Waals surface area contributed by atoms with Crippen molar-refractivity contribution in [3.8, 4) is 0 Å². The Kier molecular flexibility index (Phi) is 5.80. The number of quaternary nitrogens is 1. The minimum Gasteiger partial charge on any atom is -0.351 e. The molecule has 0 aromatic carbocycles. The van der Waals surface area contributed by atoms with Crippen LogP contribution in [-0.2, 0) is 11.5 Å². The Hall–Kier alpha value is -1.15. The molecular weight excluding hydrogens is 345 g/mol. The van der Waals surface area contributed by atoms with Gasteiger partial charge < -0.3 is 10.2 Å². The molecule has 2 aromatic rings. The summed E-state index contributed by atoms with van der Waals surface area (Å²) in [7, 11) is 1.91. The monoisotopic (exact) mass is 362 g/mol. The van der Waals surface area contributed by atoms with Crippen LogP contribution >= 0.6 is 35.4 Å². The number of amides is 1. The lowest BCUT2D eigenvalue weighted by molar-refractivity contribution is -0.895. The average Bonchev–Trinajstić information content (AvgIpc) is 2.74. The van der Waals surface area contributed by atoms with E-state index in [1.165, 1.54) is 0 Å². The van der Waals surface area contributed by atoms with Crippen LogP contribution in [-0.4, -0.2) is 40.2 Å². The number of likely N-dealkylation sites (N-methyl/N-ethyl adjacent to an activating group) is 1. The minimum absolute atomic E-state index is 0.00992. The van der Waals surface area contributed by atoms with E-state index in [0.717, 1.165) is 11.3 Å². The van der Waals surface area contributed by atoms with E-state index in [2.05, 4.69) is 10.4 Å². The standard InChI is InChI=1S/C13H17Cl2N5OS/c1-3-4-16-11(21)7-18(2)8-20-13(22)19-6-9(14)5-10(15)12(19)17-20/h5-6H,3-4,7-8H2,1-2H3,(H,16,21)/p+1. The highest BCUT2D eigenvalue weighted by Gasteiger charge is 2.14. The van der Waals surface area contributed by atoms with Crippen LogP contribution < -0.4 is 10.2 Å². The maximum absolute atomic E-state index is 11.7. The number of hydrogen-bond acceptors (Lipinski definition) is 3. The Bertz CT molecular complexity index is 742. The molecule has 6 nitrogen and oxygen atoms in total. The second kappa shape index (κ2) is 7.41. The van der Waals surface area contributed by atoms with E-state index in [1.807, 2.05) is 14.0 Å². The molecule has 2 aromatic heterocycles. The van der Waals surface area contributed by atoms with E-state index in [-0.39, 0.29) is 5.91 Å². The largest absolute Gasteiger partial charge is 0.351 e. The Morgan fingerprint density at radius 3 is 2.91 bits per heavy atom. The maximum atomic E-state index is 11.7. The van der Waals surface area contributed by atoms with Crippen LogP contribution in [0.3, 0.4) is 0 Å². The zero-order chi connectivity index (χ0) is 16.3. The predicted octanol–water partition coefficient (Wildman–Crippen LogP) is 1.17. The number of nitrogens with one attached hydrogen (secondary N) is 2. The number of hydrogen-bond donors (Lipinski definition) is 2. The normalized spacial score (nSPS) is 12.5. The van der Waals surface area contributed by atoms with Crippen molar-refractivity contribution in [3.63, 3.8) is 0 Å². The quantitative estimate of drug-likeness (QED) is 0.758. The molecule has 0 spiro atoms. The van der Waals surface area contributed by atoms with Crippen molar-refractivity contribution < 1.29 is 9.69 Å². The maximum Gasteiger partial charge on any atom is 0.275 e. The lowest BCUT2D eigenvalue weighted by atomic mass is 10.4. The molecule has 9 heteroatoms. The average molecular weight is 363 g/mol. The fourth-order valence-corrected chi connectivity index (χ4v) is 2.81. The van der Waals surface area contributed by atoms with Crippen molar-refractivity contribution in [1.29, 1.82) is 0 Å². The zero-order valence-electron chi connectivity index (χ0n) is 12.4. The first-order valence-corrected chi connectivity index (χ1v) is 8.11. The van der Waals surface area contributed by atoms with Crippen molar-refractivity contribution >= 4 is 47.0 Å². The highest BCUT2D eigenvalue weighted by molar-refractivity contribution is 7.71. The van der Waals surface area contributed by atoms with Gasteiger partial charge in [-0.2, -0.15) is 4.68 Å². The van der Waals surface area contributed by atoms with E-state index in [4.69, 9.17) is 35.4 Å². The van der Waals surface area contributed by atoms with Gasteiger partial charge in [-0.15, -0.1) is 5.10 Å². The smallest absolute Gasteiger partial charge is 0.275 e. The van der Waals surface area contributed by atoms with Gasteiger partial charge in [0, 0.05) is 12.7 Å². The molecular formula is C13H18Cl2N5OS+. The number of pyridine rings is 1. The second-order valence-electron chi connectivity index (χ2n) is 5.12. The van der Waals surface area contributed by atoms with Gasteiger partial charge in [0.25, 0.3) is 5.91 Å². The van der Waals surface area contributed by atoms with Gasteiger partial charge in [0.1, 0.15) is 0 Å². The van der Waals surface area contributed by atoms with Crippen LogP contribution in [0.5, 0.6) is 0 Å². The lowest BCUT2D eigenvalue weighted by Crippen LogP contribution is -3.09. The van der Waals surface area contributed by atoms with Crippen LogP contribution in [0.1, 0.15) is 13.3 Å².